The fourth-order valence-electron chi connectivity index (χ4n) is 3.43. The molecule has 2 aromatic heterocycles. The van der Waals surface area contributed by atoms with E-state index in [0.29, 0.717) is 24.6 Å². The molecule has 1 amide bonds. The number of ether oxygens (including phenoxy) is 1. The highest BCUT2D eigenvalue weighted by Gasteiger charge is 2.15. The minimum Gasteiger partial charge on any atom is -0.378 e. The molecule has 0 aromatic carbocycles. The predicted molar refractivity (Wildman–Crippen MR) is 102 cm³/mol. The minimum atomic E-state index is -0.475. The van der Waals surface area contributed by atoms with Crippen molar-refractivity contribution in [1.82, 2.24) is 19.4 Å². The number of nitrogens with zero attached hydrogens (tertiary/aromatic N) is 3. The van der Waals surface area contributed by atoms with Crippen molar-refractivity contribution in [1.29, 1.82) is 0 Å². The Labute approximate surface area is 157 Å². The van der Waals surface area contributed by atoms with Crippen molar-refractivity contribution < 1.29 is 9.53 Å². The molecule has 8 nitrogen and oxygen atoms in total. The number of hydrogen-bond donors (Lipinski definition) is 1. The van der Waals surface area contributed by atoms with Crippen LogP contribution in [0.25, 0.3) is 11.0 Å². The van der Waals surface area contributed by atoms with E-state index in [1.54, 1.807) is 0 Å². The summed E-state index contributed by atoms with van der Waals surface area (Å²) in [5.74, 6) is -0.331. The van der Waals surface area contributed by atoms with Crippen LogP contribution in [0.2, 0.25) is 0 Å². The summed E-state index contributed by atoms with van der Waals surface area (Å²) in [5, 5.41) is 3.11. The number of amides is 1. The van der Waals surface area contributed by atoms with Crippen LogP contribution in [-0.4, -0.2) is 39.3 Å². The normalized spacial score (nSPS) is 15.2. The molecule has 0 bridgehead atoms. The molecule has 0 atom stereocenters. The molecule has 2 heterocycles. The summed E-state index contributed by atoms with van der Waals surface area (Å²) in [6.07, 6.45) is 7.13. The summed E-state index contributed by atoms with van der Waals surface area (Å²) >= 11 is 0. The quantitative estimate of drug-likeness (QED) is 0.764. The molecule has 2 aromatic rings. The first-order valence-electron chi connectivity index (χ1n) is 9.45. The number of aromatic nitrogens is 3. The van der Waals surface area contributed by atoms with E-state index >= 15 is 0 Å². The Morgan fingerprint density at radius 3 is 2.67 bits per heavy atom. The zero-order valence-electron chi connectivity index (χ0n) is 15.9. The lowest BCUT2D eigenvalue weighted by molar-refractivity contribution is 0.0273. The van der Waals surface area contributed by atoms with Gasteiger partial charge in [-0.15, -0.1) is 0 Å². The van der Waals surface area contributed by atoms with Crippen molar-refractivity contribution in [3.8, 4) is 0 Å². The number of fused-ring (bicyclic) bond motifs is 1. The molecule has 1 N–H and O–H groups in total. The molecule has 0 unspecified atom stereocenters. The van der Waals surface area contributed by atoms with E-state index in [1.165, 1.54) is 50.1 Å². The molecule has 146 valence electrons. The monoisotopic (exact) mass is 374 g/mol. The number of pyridine rings is 1. The number of carbonyl (C=O) groups excluding carboxylic acids is 1. The zero-order chi connectivity index (χ0) is 19.4. The van der Waals surface area contributed by atoms with Crippen LogP contribution in [0.3, 0.4) is 0 Å². The third kappa shape index (κ3) is 4.27. The Hall–Kier alpha value is -2.48. The van der Waals surface area contributed by atoms with Crippen LogP contribution in [0, 0.1) is 0 Å². The summed E-state index contributed by atoms with van der Waals surface area (Å²) < 4.78 is 8.13. The second kappa shape index (κ2) is 8.47. The van der Waals surface area contributed by atoms with Gasteiger partial charge >= 0.3 is 5.69 Å². The van der Waals surface area contributed by atoms with Gasteiger partial charge in [0, 0.05) is 27.2 Å². The van der Waals surface area contributed by atoms with Crippen LogP contribution < -0.4 is 16.6 Å². The van der Waals surface area contributed by atoms with Gasteiger partial charge < -0.3 is 10.1 Å². The van der Waals surface area contributed by atoms with Gasteiger partial charge in [-0.2, -0.15) is 0 Å². The first-order chi connectivity index (χ1) is 13.0. The highest BCUT2D eigenvalue weighted by molar-refractivity contribution is 5.94. The molecule has 0 aliphatic heterocycles. The summed E-state index contributed by atoms with van der Waals surface area (Å²) in [6, 6.07) is 3.03. The maximum atomic E-state index is 12.3. The fraction of sp³-hybridized carbons (Fsp3) is 0.579. The Morgan fingerprint density at radius 2 is 1.93 bits per heavy atom. The fourth-order valence-corrected chi connectivity index (χ4v) is 3.43. The van der Waals surface area contributed by atoms with Crippen molar-refractivity contribution in [2.45, 2.75) is 44.6 Å². The molecule has 0 spiro atoms. The summed E-state index contributed by atoms with van der Waals surface area (Å²) in [6.45, 7) is 1.11. The van der Waals surface area contributed by atoms with Crippen molar-refractivity contribution >= 4 is 16.9 Å². The van der Waals surface area contributed by atoms with Gasteiger partial charge in [-0.1, -0.05) is 19.3 Å². The number of hydrogen-bond acceptors (Lipinski definition) is 5. The van der Waals surface area contributed by atoms with Gasteiger partial charge in [0.2, 0.25) is 0 Å². The van der Waals surface area contributed by atoms with Gasteiger partial charge in [0.05, 0.1) is 11.5 Å². The van der Waals surface area contributed by atoms with Crippen molar-refractivity contribution in [3.63, 3.8) is 0 Å². The molecular formula is C19H26N4O4. The Bertz CT molecular complexity index is 941. The molecule has 1 saturated carbocycles. The standard InChI is InChI=1S/C19H26N4O4/c1-22-16-14(18(25)23(2)19(22)26)9-10-15(21-16)17(24)20-11-6-12-27-13-7-4-3-5-8-13/h9-10,13H,3-8,11-12H2,1-2H3,(H,20,24). The number of carbonyl (C=O) groups is 1. The van der Waals surface area contributed by atoms with E-state index in [9.17, 15) is 14.4 Å². The van der Waals surface area contributed by atoms with Crippen molar-refractivity contribution in [2.24, 2.45) is 14.1 Å². The molecule has 1 aliphatic carbocycles. The van der Waals surface area contributed by atoms with Gasteiger partial charge in [-0.25, -0.2) is 9.78 Å². The minimum absolute atomic E-state index is 0.180. The number of rotatable bonds is 6. The first-order valence-corrected chi connectivity index (χ1v) is 9.45. The number of aryl methyl sites for hydroxylation is 1. The molecular weight excluding hydrogens is 348 g/mol. The highest BCUT2D eigenvalue weighted by Crippen LogP contribution is 2.20. The molecule has 3 rings (SSSR count). The second-order valence-corrected chi connectivity index (χ2v) is 7.01. The topological polar surface area (TPSA) is 95.2 Å². The Balaban J connectivity index is 1.59. The van der Waals surface area contributed by atoms with E-state index in [0.717, 1.165) is 23.8 Å². The van der Waals surface area contributed by atoms with E-state index in [-0.39, 0.29) is 17.2 Å². The van der Waals surface area contributed by atoms with Crippen LogP contribution in [0.4, 0.5) is 0 Å². The van der Waals surface area contributed by atoms with E-state index in [1.807, 2.05) is 0 Å². The van der Waals surface area contributed by atoms with Crippen LogP contribution in [-0.2, 0) is 18.8 Å². The maximum absolute atomic E-state index is 12.3. The van der Waals surface area contributed by atoms with E-state index in [4.69, 9.17) is 4.74 Å². The molecule has 1 aliphatic rings. The lowest BCUT2D eigenvalue weighted by Crippen LogP contribution is -2.37. The molecule has 0 radical (unpaired) electrons. The third-order valence-electron chi connectivity index (χ3n) is 5.05. The van der Waals surface area contributed by atoms with Crippen molar-refractivity contribution in [2.75, 3.05) is 13.2 Å². The van der Waals surface area contributed by atoms with Crippen LogP contribution in [0.1, 0.15) is 49.0 Å². The van der Waals surface area contributed by atoms with Crippen LogP contribution >= 0.6 is 0 Å². The third-order valence-corrected chi connectivity index (χ3v) is 5.05. The maximum Gasteiger partial charge on any atom is 0.332 e. The Morgan fingerprint density at radius 1 is 1.19 bits per heavy atom. The van der Waals surface area contributed by atoms with E-state index < -0.39 is 11.2 Å². The molecule has 1 fully saturated rings. The second-order valence-electron chi connectivity index (χ2n) is 7.01. The molecule has 8 heteroatoms. The largest absolute Gasteiger partial charge is 0.378 e. The first kappa shape index (κ1) is 19.3. The van der Waals surface area contributed by atoms with Gasteiger partial charge in [0.1, 0.15) is 11.3 Å². The van der Waals surface area contributed by atoms with Gasteiger partial charge in [-0.05, 0) is 31.4 Å². The average Bonchev–Trinajstić information content (AvgIpc) is 2.70. The summed E-state index contributed by atoms with van der Waals surface area (Å²) in [7, 11) is 2.95. The van der Waals surface area contributed by atoms with Gasteiger partial charge in [0.25, 0.3) is 11.5 Å². The highest BCUT2D eigenvalue weighted by atomic mass is 16.5. The van der Waals surface area contributed by atoms with E-state index in [2.05, 4.69) is 10.3 Å². The number of nitrogens with one attached hydrogen (secondary N) is 1. The molecule has 27 heavy (non-hydrogen) atoms. The summed E-state index contributed by atoms with van der Waals surface area (Å²) in [5.41, 5.74) is -0.514. The van der Waals surface area contributed by atoms with Gasteiger partial charge in [-0.3, -0.25) is 18.7 Å². The van der Waals surface area contributed by atoms with Crippen LogP contribution in [0.15, 0.2) is 21.7 Å². The van der Waals surface area contributed by atoms with Crippen molar-refractivity contribution in [3.05, 3.63) is 38.7 Å². The zero-order valence-corrected chi connectivity index (χ0v) is 15.9. The van der Waals surface area contributed by atoms with Crippen LogP contribution in [0.5, 0.6) is 0 Å². The predicted octanol–water partition coefficient (Wildman–Crippen LogP) is 1.10. The lowest BCUT2D eigenvalue weighted by atomic mass is 9.98. The Kier molecular flexibility index (Phi) is 6.05. The summed E-state index contributed by atoms with van der Waals surface area (Å²) in [4.78, 5) is 40.7. The smallest absolute Gasteiger partial charge is 0.332 e. The average molecular weight is 374 g/mol. The SMILES string of the molecule is Cn1c(=O)c2ccc(C(=O)NCCCOC3CCCCC3)nc2n(C)c1=O. The molecule has 0 saturated heterocycles. The van der Waals surface area contributed by atoms with Gasteiger partial charge in [0.15, 0.2) is 0 Å². The lowest BCUT2D eigenvalue weighted by Gasteiger charge is -2.21.